The normalized spacial score (nSPS) is 18.4. The maximum Gasteiger partial charge on any atom is 0.416 e. The average molecular weight is 479 g/mol. The maximum atomic E-state index is 13.0. The molecule has 0 radical (unpaired) electrons. The van der Waals surface area contributed by atoms with Crippen molar-refractivity contribution >= 4 is 11.8 Å². The Morgan fingerprint density at radius 1 is 0.971 bits per heavy atom. The summed E-state index contributed by atoms with van der Waals surface area (Å²) in [6.07, 6.45) is -3.31. The molecule has 3 heterocycles. The molecule has 2 fully saturated rings. The second kappa shape index (κ2) is 9.77. The fourth-order valence-corrected chi connectivity index (χ4v) is 4.65. The number of carbonyl (C=O) groups is 2. The van der Waals surface area contributed by atoms with Gasteiger partial charge in [-0.1, -0.05) is 5.16 Å². The Hall–Kier alpha value is -2.88. The van der Waals surface area contributed by atoms with Gasteiger partial charge in [0.15, 0.2) is 0 Å². The van der Waals surface area contributed by atoms with E-state index in [0.717, 1.165) is 48.8 Å². The van der Waals surface area contributed by atoms with E-state index in [1.807, 2.05) is 18.7 Å². The molecule has 0 aliphatic carbocycles. The highest BCUT2D eigenvalue weighted by atomic mass is 19.4. The van der Waals surface area contributed by atoms with Crippen molar-refractivity contribution in [3.05, 3.63) is 52.4 Å². The number of rotatable bonds is 4. The van der Waals surface area contributed by atoms with Crippen LogP contribution in [0.2, 0.25) is 0 Å². The Labute approximate surface area is 196 Å². The highest BCUT2D eigenvalue weighted by Gasteiger charge is 2.33. The maximum absolute atomic E-state index is 13.0. The third-order valence-corrected chi connectivity index (χ3v) is 6.84. The molecule has 2 aliphatic heterocycles. The summed E-state index contributed by atoms with van der Waals surface area (Å²) >= 11 is 0. The number of nitrogens with zero attached hydrogens (tertiary/aromatic N) is 4. The number of hydrogen-bond acceptors (Lipinski definition) is 5. The fraction of sp³-hybridized carbons (Fsp3) is 0.542. The van der Waals surface area contributed by atoms with Crippen molar-refractivity contribution in [2.24, 2.45) is 5.92 Å². The Morgan fingerprint density at radius 3 is 2.12 bits per heavy atom. The molecule has 0 unspecified atom stereocenters. The van der Waals surface area contributed by atoms with Crippen LogP contribution in [0.25, 0.3) is 0 Å². The second-order valence-electron chi connectivity index (χ2n) is 9.05. The molecule has 0 saturated carbocycles. The zero-order chi connectivity index (χ0) is 24.5. The van der Waals surface area contributed by atoms with Gasteiger partial charge in [0, 0.05) is 62.9 Å². The number of aryl methyl sites for hydroxylation is 2. The number of carbonyl (C=O) groups excluding carboxylic acids is 2. The minimum atomic E-state index is -4.43. The molecule has 1 aromatic heterocycles. The van der Waals surface area contributed by atoms with Gasteiger partial charge in [0.25, 0.3) is 5.91 Å². The van der Waals surface area contributed by atoms with Crippen molar-refractivity contribution in [1.82, 2.24) is 19.9 Å². The molecule has 0 atom stereocenters. The van der Waals surface area contributed by atoms with Crippen LogP contribution in [-0.2, 0) is 17.5 Å². The molecule has 184 valence electrons. The van der Waals surface area contributed by atoms with E-state index < -0.39 is 11.7 Å². The first kappa shape index (κ1) is 24.3. The minimum absolute atomic E-state index is 0.124. The Kier molecular flexibility index (Phi) is 6.97. The lowest BCUT2D eigenvalue weighted by molar-refractivity contribution is -0.139. The standard InChI is InChI=1S/C24H29F3N4O3/c1-16-21(17(2)34-28-16)15-29-11-13-31(14-12-29)23(33)19-7-9-30(10-8-19)22(32)18-3-5-20(6-4-18)24(25,26)27/h3-6,19H,7-15H2,1-2H3. The summed E-state index contributed by atoms with van der Waals surface area (Å²) in [5.41, 5.74) is 1.45. The van der Waals surface area contributed by atoms with Crippen LogP contribution in [0, 0.1) is 19.8 Å². The van der Waals surface area contributed by atoms with Crippen molar-refractivity contribution in [2.45, 2.75) is 39.4 Å². The summed E-state index contributed by atoms with van der Waals surface area (Å²) in [5, 5.41) is 4.00. The van der Waals surface area contributed by atoms with Gasteiger partial charge in [0.1, 0.15) is 5.76 Å². The summed E-state index contributed by atoms with van der Waals surface area (Å²) in [5.74, 6) is 0.519. The molecule has 2 aliphatic rings. The Bertz CT molecular complexity index is 1000. The first-order valence-electron chi connectivity index (χ1n) is 11.5. The van der Waals surface area contributed by atoms with E-state index in [0.29, 0.717) is 39.0 Å². The van der Waals surface area contributed by atoms with Gasteiger partial charge in [-0.15, -0.1) is 0 Å². The highest BCUT2D eigenvalue weighted by Crippen LogP contribution is 2.29. The van der Waals surface area contributed by atoms with Crippen LogP contribution in [0.5, 0.6) is 0 Å². The van der Waals surface area contributed by atoms with E-state index in [-0.39, 0.29) is 23.3 Å². The van der Waals surface area contributed by atoms with Crippen LogP contribution in [0.15, 0.2) is 28.8 Å². The Balaban J connectivity index is 1.25. The second-order valence-corrected chi connectivity index (χ2v) is 9.05. The van der Waals surface area contributed by atoms with Crippen LogP contribution in [0.1, 0.15) is 45.8 Å². The van der Waals surface area contributed by atoms with Gasteiger partial charge in [0.2, 0.25) is 5.91 Å². The van der Waals surface area contributed by atoms with Crippen molar-refractivity contribution < 1.29 is 27.3 Å². The third kappa shape index (κ3) is 5.27. The number of hydrogen-bond donors (Lipinski definition) is 0. The average Bonchev–Trinajstić information content (AvgIpc) is 3.15. The van der Waals surface area contributed by atoms with Crippen molar-refractivity contribution in [1.29, 1.82) is 0 Å². The van der Waals surface area contributed by atoms with Crippen LogP contribution < -0.4 is 0 Å². The van der Waals surface area contributed by atoms with Gasteiger partial charge in [-0.2, -0.15) is 13.2 Å². The van der Waals surface area contributed by atoms with Crippen LogP contribution in [0.4, 0.5) is 13.2 Å². The topological polar surface area (TPSA) is 69.9 Å². The first-order valence-corrected chi connectivity index (χ1v) is 11.5. The SMILES string of the molecule is Cc1noc(C)c1CN1CCN(C(=O)C2CCN(C(=O)c3ccc(C(F)(F)F)cc3)CC2)CC1. The molecule has 2 saturated heterocycles. The zero-order valence-corrected chi connectivity index (χ0v) is 19.4. The lowest BCUT2D eigenvalue weighted by atomic mass is 9.94. The number of halogens is 3. The number of piperazine rings is 1. The number of likely N-dealkylation sites (tertiary alicyclic amines) is 1. The summed E-state index contributed by atoms with van der Waals surface area (Å²) in [6.45, 7) is 8.31. The van der Waals surface area contributed by atoms with E-state index in [1.165, 1.54) is 12.1 Å². The highest BCUT2D eigenvalue weighted by molar-refractivity contribution is 5.94. The number of piperidine rings is 1. The van der Waals surface area contributed by atoms with Gasteiger partial charge in [-0.05, 0) is 51.0 Å². The molecule has 0 spiro atoms. The predicted molar refractivity (Wildman–Crippen MR) is 118 cm³/mol. The van der Waals surface area contributed by atoms with Crippen LogP contribution in [0.3, 0.4) is 0 Å². The molecule has 2 amide bonds. The predicted octanol–water partition coefficient (Wildman–Crippen LogP) is 3.51. The molecule has 2 aromatic rings. The van der Waals surface area contributed by atoms with Gasteiger partial charge in [-0.3, -0.25) is 14.5 Å². The summed E-state index contributed by atoms with van der Waals surface area (Å²) in [6, 6.07) is 4.28. The molecule has 10 heteroatoms. The van der Waals surface area contributed by atoms with Gasteiger partial charge in [0.05, 0.1) is 11.3 Å². The molecular formula is C24H29F3N4O3. The summed E-state index contributed by atoms with van der Waals surface area (Å²) in [4.78, 5) is 31.5. The third-order valence-electron chi connectivity index (χ3n) is 6.84. The van der Waals surface area contributed by atoms with E-state index in [4.69, 9.17) is 4.52 Å². The number of aromatic nitrogens is 1. The van der Waals surface area contributed by atoms with Crippen molar-refractivity contribution in [2.75, 3.05) is 39.3 Å². The van der Waals surface area contributed by atoms with E-state index in [2.05, 4.69) is 10.1 Å². The van der Waals surface area contributed by atoms with Gasteiger partial charge < -0.3 is 14.3 Å². The van der Waals surface area contributed by atoms with E-state index in [1.54, 1.807) is 4.90 Å². The van der Waals surface area contributed by atoms with E-state index >= 15 is 0 Å². The molecular weight excluding hydrogens is 449 g/mol. The van der Waals surface area contributed by atoms with Gasteiger partial charge in [-0.25, -0.2) is 0 Å². The first-order chi connectivity index (χ1) is 16.1. The lowest BCUT2D eigenvalue weighted by Gasteiger charge is -2.38. The number of benzene rings is 1. The number of amides is 2. The van der Waals surface area contributed by atoms with Crippen LogP contribution >= 0.6 is 0 Å². The fourth-order valence-electron chi connectivity index (χ4n) is 4.65. The lowest BCUT2D eigenvalue weighted by Crippen LogP contribution is -2.51. The minimum Gasteiger partial charge on any atom is -0.361 e. The molecule has 0 bridgehead atoms. The van der Waals surface area contributed by atoms with Gasteiger partial charge >= 0.3 is 6.18 Å². The molecule has 34 heavy (non-hydrogen) atoms. The Morgan fingerprint density at radius 2 is 1.59 bits per heavy atom. The molecule has 7 nitrogen and oxygen atoms in total. The number of alkyl halides is 3. The summed E-state index contributed by atoms with van der Waals surface area (Å²) in [7, 11) is 0. The largest absolute Gasteiger partial charge is 0.416 e. The monoisotopic (exact) mass is 478 g/mol. The van der Waals surface area contributed by atoms with E-state index in [9.17, 15) is 22.8 Å². The molecule has 4 rings (SSSR count). The van der Waals surface area contributed by atoms with Crippen LogP contribution in [-0.4, -0.2) is 70.9 Å². The van der Waals surface area contributed by atoms with Crippen molar-refractivity contribution in [3.8, 4) is 0 Å². The summed E-state index contributed by atoms with van der Waals surface area (Å²) < 4.78 is 43.5. The zero-order valence-electron chi connectivity index (χ0n) is 19.4. The van der Waals surface area contributed by atoms with Crippen molar-refractivity contribution in [3.63, 3.8) is 0 Å². The molecule has 1 aromatic carbocycles. The molecule has 0 N–H and O–H groups in total. The quantitative estimate of drug-likeness (QED) is 0.673. The smallest absolute Gasteiger partial charge is 0.361 e.